The van der Waals surface area contributed by atoms with Gasteiger partial charge in [0.2, 0.25) is 0 Å². The lowest BCUT2D eigenvalue weighted by atomic mass is 10.1. The Kier molecular flexibility index (Phi) is 4.34. The molecule has 1 N–H and O–H groups in total. The maximum Gasteiger partial charge on any atom is 0.433 e. The fourth-order valence-electron chi connectivity index (χ4n) is 2.14. The molecule has 2 heterocycles. The van der Waals surface area contributed by atoms with Gasteiger partial charge in [-0.15, -0.1) is 0 Å². The smallest absolute Gasteiger partial charge is 0.394 e. The molecule has 21 heavy (non-hydrogen) atoms. The van der Waals surface area contributed by atoms with Crippen molar-refractivity contribution in [2.75, 3.05) is 24.7 Å². The van der Waals surface area contributed by atoms with Gasteiger partial charge in [-0.3, -0.25) is 0 Å². The Bertz CT molecular complexity index is 557. The summed E-state index contributed by atoms with van der Waals surface area (Å²) >= 11 is 0. The Morgan fingerprint density at radius 3 is 2.81 bits per heavy atom. The number of ether oxygens (including phenoxy) is 1. The fraction of sp³-hybridized carbons (Fsp3) is 0.538. The minimum absolute atomic E-state index is 0.0263. The van der Waals surface area contributed by atoms with Crippen LogP contribution in [-0.4, -0.2) is 42.0 Å². The van der Waals surface area contributed by atoms with Crippen molar-refractivity contribution in [3.8, 4) is 6.07 Å². The molecule has 2 rings (SSSR count). The number of pyridine rings is 1. The van der Waals surface area contributed by atoms with Crippen LogP contribution in [-0.2, 0) is 10.9 Å². The van der Waals surface area contributed by atoms with E-state index >= 15 is 0 Å². The molecule has 2 unspecified atom stereocenters. The molecule has 114 valence electrons. The molecule has 1 aliphatic rings. The third kappa shape index (κ3) is 3.25. The number of nitrogens with zero attached hydrogens (tertiary/aromatic N) is 3. The largest absolute Gasteiger partial charge is 0.433 e. The lowest BCUT2D eigenvalue weighted by molar-refractivity contribution is -0.141. The van der Waals surface area contributed by atoms with E-state index in [-0.39, 0.29) is 37.2 Å². The summed E-state index contributed by atoms with van der Waals surface area (Å²) < 4.78 is 43.7. The van der Waals surface area contributed by atoms with E-state index in [4.69, 9.17) is 15.1 Å². The summed E-state index contributed by atoms with van der Waals surface area (Å²) in [6.45, 7) is 1.94. The maximum atomic E-state index is 12.8. The predicted molar refractivity (Wildman–Crippen MR) is 67.6 cm³/mol. The van der Waals surface area contributed by atoms with Gasteiger partial charge in [0.05, 0.1) is 30.9 Å². The summed E-state index contributed by atoms with van der Waals surface area (Å²) in [5, 5.41) is 18.2. The highest BCUT2D eigenvalue weighted by Gasteiger charge is 2.35. The number of aliphatic hydroxyl groups excluding tert-OH is 1. The zero-order valence-electron chi connectivity index (χ0n) is 11.3. The van der Waals surface area contributed by atoms with Crippen molar-refractivity contribution in [1.29, 1.82) is 5.26 Å². The van der Waals surface area contributed by atoms with E-state index in [0.717, 1.165) is 12.1 Å². The van der Waals surface area contributed by atoms with Crippen LogP contribution in [0.15, 0.2) is 12.1 Å². The SMILES string of the molecule is CC1COC(CO)CN1c1nc(C(F)(F)F)ccc1C#N. The minimum Gasteiger partial charge on any atom is -0.394 e. The number of morpholine rings is 1. The predicted octanol–water partition coefficient (Wildman–Crippen LogP) is 1.56. The Labute approximate surface area is 119 Å². The van der Waals surface area contributed by atoms with E-state index in [1.165, 1.54) is 0 Å². The zero-order valence-corrected chi connectivity index (χ0v) is 11.3. The van der Waals surface area contributed by atoms with E-state index < -0.39 is 18.0 Å². The monoisotopic (exact) mass is 301 g/mol. The highest BCUT2D eigenvalue weighted by atomic mass is 19.4. The highest BCUT2D eigenvalue weighted by molar-refractivity contribution is 5.55. The van der Waals surface area contributed by atoms with E-state index in [2.05, 4.69) is 4.98 Å². The summed E-state index contributed by atoms with van der Waals surface area (Å²) in [6.07, 6.45) is -5.08. The summed E-state index contributed by atoms with van der Waals surface area (Å²) in [4.78, 5) is 5.17. The van der Waals surface area contributed by atoms with Gasteiger partial charge in [-0.25, -0.2) is 4.98 Å². The quantitative estimate of drug-likeness (QED) is 0.897. The van der Waals surface area contributed by atoms with E-state index in [1.807, 2.05) is 6.07 Å². The standard InChI is InChI=1S/C13H14F3N3O2/c1-8-7-21-10(6-20)5-19(8)12-9(4-17)2-3-11(18-12)13(14,15)16/h2-3,8,10,20H,5-7H2,1H3. The molecule has 0 bridgehead atoms. The Morgan fingerprint density at radius 2 is 2.24 bits per heavy atom. The van der Waals surface area contributed by atoms with Crippen LogP contribution < -0.4 is 4.90 Å². The molecule has 8 heteroatoms. The average molecular weight is 301 g/mol. The fourth-order valence-corrected chi connectivity index (χ4v) is 2.14. The van der Waals surface area contributed by atoms with Crippen LogP contribution in [0.2, 0.25) is 0 Å². The van der Waals surface area contributed by atoms with Crippen molar-refractivity contribution >= 4 is 5.82 Å². The van der Waals surface area contributed by atoms with Gasteiger partial charge in [-0.1, -0.05) is 0 Å². The van der Waals surface area contributed by atoms with Gasteiger partial charge in [0.15, 0.2) is 0 Å². The number of hydrogen-bond acceptors (Lipinski definition) is 5. The molecule has 0 spiro atoms. The van der Waals surface area contributed by atoms with Crippen LogP contribution in [0.5, 0.6) is 0 Å². The summed E-state index contributed by atoms with van der Waals surface area (Å²) in [6, 6.07) is 3.51. The topological polar surface area (TPSA) is 69.4 Å². The van der Waals surface area contributed by atoms with Crippen LogP contribution in [0, 0.1) is 11.3 Å². The third-order valence-corrected chi connectivity index (χ3v) is 3.27. The number of alkyl halides is 3. The molecule has 1 saturated heterocycles. The van der Waals surface area contributed by atoms with Crippen LogP contribution in [0.25, 0.3) is 0 Å². The first-order valence-electron chi connectivity index (χ1n) is 6.34. The molecule has 0 saturated carbocycles. The summed E-state index contributed by atoms with van der Waals surface area (Å²) in [5.41, 5.74) is -0.982. The number of aliphatic hydroxyl groups is 1. The second-order valence-corrected chi connectivity index (χ2v) is 4.82. The number of anilines is 1. The molecule has 1 fully saturated rings. The molecule has 2 atom stereocenters. The van der Waals surface area contributed by atoms with Gasteiger partial charge in [-0.05, 0) is 19.1 Å². The van der Waals surface area contributed by atoms with Gasteiger partial charge >= 0.3 is 6.18 Å². The zero-order chi connectivity index (χ0) is 15.6. The van der Waals surface area contributed by atoms with Crippen molar-refractivity contribution in [2.24, 2.45) is 0 Å². The molecule has 1 aliphatic heterocycles. The second kappa shape index (κ2) is 5.87. The van der Waals surface area contributed by atoms with Crippen LogP contribution >= 0.6 is 0 Å². The number of rotatable bonds is 2. The Morgan fingerprint density at radius 1 is 1.52 bits per heavy atom. The van der Waals surface area contributed by atoms with Crippen LogP contribution in [0.4, 0.5) is 19.0 Å². The summed E-state index contributed by atoms with van der Waals surface area (Å²) in [7, 11) is 0. The minimum atomic E-state index is -4.57. The highest BCUT2D eigenvalue weighted by Crippen LogP contribution is 2.31. The third-order valence-electron chi connectivity index (χ3n) is 3.27. The molecule has 0 aromatic carbocycles. The molecule has 0 aliphatic carbocycles. The molecule has 1 aromatic heterocycles. The van der Waals surface area contributed by atoms with Gasteiger partial charge in [0.1, 0.15) is 17.6 Å². The molecule has 1 aromatic rings. The van der Waals surface area contributed by atoms with Crippen molar-refractivity contribution in [3.05, 3.63) is 23.4 Å². The van der Waals surface area contributed by atoms with Crippen molar-refractivity contribution in [2.45, 2.75) is 25.2 Å². The lowest BCUT2D eigenvalue weighted by Crippen LogP contribution is -2.50. The second-order valence-electron chi connectivity index (χ2n) is 4.82. The molecule has 0 radical (unpaired) electrons. The first-order chi connectivity index (χ1) is 9.86. The number of halogens is 3. The van der Waals surface area contributed by atoms with Gasteiger partial charge in [0, 0.05) is 6.54 Å². The van der Waals surface area contributed by atoms with Crippen molar-refractivity contribution in [1.82, 2.24) is 4.98 Å². The summed E-state index contributed by atoms with van der Waals surface area (Å²) in [5.74, 6) is -0.0263. The maximum absolute atomic E-state index is 12.8. The van der Waals surface area contributed by atoms with Gasteiger partial charge < -0.3 is 14.7 Å². The lowest BCUT2D eigenvalue weighted by Gasteiger charge is -2.38. The van der Waals surface area contributed by atoms with E-state index in [0.29, 0.717) is 0 Å². The molecular formula is C13H14F3N3O2. The molecule has 5 nitrogen and oxygen atoms in total. The van der Waals surface area contributed by atoms with Crippen LogP contribution in [0.1, 0.15) is 18.2 Å². The van der Waals surface area contributed by atoms with Crippen molar-refractivity contribution in [3.63, 3.8) is 0 Å². The van der Waals surface area contributed by atoms with Gasteiger partial charge in [0.25, 0.3) is 0 Å². The van der Waals surface area contributed by atoms with E-state index in [9.17, 15) is 13.2 Å². The molecule has 0 amide bonds. The van der Waals surface area contributed by atoms with Crippen LogP contribution in [0.3, 0.4) is 0 Å². The Balaban J connectivity index is 2.43. The van der Waals surface area contributed by atoms with Crippen molar-refractivity contribution < 1.29 is 23.0 Å². The van der Waals surface area contributed by atoms with Gasteiger partial charge in [-0.2, -0.15) is 18.4 Å². The normalized spacial score (nSPS) is 23.0. The average Bonchev–Trinajstić information content (AvgIpc) is 2.46. The first-order valence-corrected chi connectivity index (χ1v) is 6.34. The first kappa shape index (κ1) is 15.5. The Hall–Kier alpha value is -1.85. The number of hydrogen-bond donors (Lipinski definition) is 1. The number of aromatic nitrogens is 1. The van der Waals surface area contributed by atoms with E-state index in [1.54, 1.807) is 11.8 Å². The number of nitriles is 1. The molecular weight excluding hydrogens is 287 g/mol.